The summed E-state index contributed by atoms with van der Waals surface area (Å²) in [7, 11) is 0. The highest BCUT2D eigenvalue weighted by atomic mass is 16.3. The maximum Gasteiger partial charge on any atom is 0.326 e. The number of nitrogens with one attached hydrogen (secondary N) is 2. The number of rotatable bonds is 4. The summed E-state index contributed by atoms with van der Waals surface area (Å²) < 4.78 is 1.75. The lowest BCUT2D eigenvalue weighted by atomic mass is 9.93. The van der Waals surface area contributed by atoms with Crippen molar-refractivity contribution >= 4 is 22.8 Å². The van der Waals surface area contributed by atoms with E-state index in [0.29, 0.717) is 36.9 Å². The van der Waals surface area contributed by atoms with Gasteiger partial charge in [0.15, 0.2) is 0 Å². The number of aromatic nitrogens is 2. The van der Waals surface area contributed by atoms with Crippen molar-refractivity contribution in [2.45, 2.75) is 50.3 Å². The van der Waals surface area contributed by atoms with Crippen LogP contribution in [0.5, 0.6) is 0 Å². The van der Waals surface area contributed by atoms with E-state index in [9.17, 15) is 19.5 Å². The van der Waals surface area contributed by atoms with Gasteiger partial charge in [-0.15, -0.1) is 0 Å². The van der Waals surface area contributed by atoms with E-state index in [0.717, 1.165) is 23.9 Å². The zero-order chi connectivity index (χ0) is 22.9. The van der Waals surface area contributed by atoms with Gasteiger partial charge in [0.05, 0.1) is 29.7 Å². The minimum absolute atomic E-state index is 0.0179. The number of hydrogen-bond acceptors (Lipinski definition) is 4. The number of amides is 2. The highest BCUT2D eigenvalue weighted by Gasteiger charge is 2.29. The van der Waals surface area contributed by atoms with Crippen LogP contribution in [0.3, 0.4) is 0 Å². The molecule has 3 N–H and O–H groups in total. The number of fused-ring (bicyclic) bond motifs is 1. The number of piperazine rings is 1. The first-order valence-electron chi connectivity index (χ1n) is 11.5. The third kappa shape index (κ3) is 4.43. The summed E-state index contributed by atoms with van der Waals surface area (Å²) in [6.45, 7) is 0.448. The van der Waals surface area contributed by atoms with E-state index in [2.05, 4.69) is 10.3 Å². The van der Waals surface area contributed by atoms with E-state index in [1.165, 1.54) is 0 Å². The van der Waals surface area contributed by atoms with Crippen molar-refractivity contribution in [1.29, 1.82) is 0 Å². The number of H-pyrrole nitrogens is 1. The second-order valence-corrected chi connectivity index (χ2v) is 9.13. The van der Waals surface area contributed by atoms with E-state index >= 15 is 0 Å². The van der Waals surface area contributed by atoms with Crippen molar-refractivity contribution in [2.75, 3.05) is 13.1 Å². The predicted molar refractivity (Wildman–Crippen MR) is 124 cm³/mol. The van der Waals surface area contributed by atoms with Crippen LogP contribution >= 0.6 is 0 Å². The standard InChI is InChI=1S/C25H28N4O4/c30-20-9-7-19(8-10-20)29-22-11-6-17(13-21(22)27-25(29)33)24(32)28-14-18(26-23(31)15-28)12-16-4-2-1-3-5-16/h1-6,11,13,18-20,30H,7-10,12,14-15H2,(H,26,31)(H,27,33)/t18-,19?,20?/m0/s1. The molecule has 3 aromatic rings. The first kappa shape index (κ1) is 21.5. The predicted octanol–water partition coefficient (Wildman–Crippen LogP) is 1.99. The number of nitrogens with zero attached hydrogens (tertiary/aromatic N) is 2. The summed E-state index contributed by atoms with van der Waals surface area (Å²) in [5.41, 5.74) is 2.72. The molecule has 172 valence electrons. The van der Waals surface area contributed by atoms with Gasteiger partial charge in [0, 0.05) is 18.2 Å². The lowest BCUT2D eigenvalue weighted by Gasteiger charge is -2.33. The number of hydrogen-bond donors (Lipinski definition) is 3. The minimum atomic E-state index is -0.293. The summed E-state index contributed by atoms with van der Waals surface area (Å²) in [4.78, 5) is 42.6. The lowest BCUT2D eigenvalue weighted by Crippen LogP contribution is -2.56. The van der Waals surface area contributed by atoms with Gasteiger partial charge in [0.2, 0.25) is 5.91 Å². The lowest BCUT2D eigenvalue weighted by molar-refractivity contribution is -0.124. The molecule has 1 saturated heterocycles. The molecule has 1 atom stereocenters. The Morgan fingerprint density at radius 2 is 1.79 bits per heavy atom. The summed E-state index contributed by atoms with van der Waals surface area (Å²) in [5, 5.41) is 12.8. The third-order valence-electron chi connectivity index (χ3n) is 6.75. The topological polar surface area (TPSA) is 107 Å². The van der Waals surface area contributed by atoms with E-state index in [-0.39, 0.29) is 42.2 Å². The number of carbonyl (C=O) groups excluding carboxylic acids is 2. The van der Waals surface area contributed by atoms with Gasteiger partial charge in [-0.2, -0.15) is 0 Å². The maximum atomic E-state index is 13.2. The molecule has 5 rings (SSSR count). The number of carbonyl (C=O) groups is 2. The van der Waals surface area contributed by atoms with Gasteiger partial charge >= 0.3 is 5.69 Å². The fraction of sp³-hybridized carbons (Fsp3) is 0.400. The van der Waals surface area contributed by atoms with Crippen LogP contribution in [0.1, 0.15) is 47.6 Å². The van der Waals surface area contributed by atoms with Crippen LogP contribution in [-0.2, 0) is 11.2 Å². The molecule has 1 aliphatic carbocycles. The summed E-state index contributed by atoms with van der Waals surface area (Å²) in [6.07, 6.45) is 3.23. The maximum absolute atomic E-state index is 13.2. The fourth-order valence-electron chi connectivity index (χ4n) is 5.12. The highest BCUT2D eigenvalue weighted by molar-refractivity contribution is 5.99. The molecule has 33 heavy (non-hydrogen) atoms. The molecule has 8 heteroatoms. The molecule has 1 aromatic heterocycles. The zero-order valence-electron chi connectivity index (χ0n) is 18.4. The van der Waals surface area contributed by atoms with Gasteiger partial charge in [-0.1, -0.05) is 30.3 Å². The Morgan fingerprint density at radius 3 is 2.55 bits per heavy atom. The molecule has 0 unspecified atom stereocenters. The van der Waals surface area contributed by atoms with E-state index in [1.807, 2.05) is 30.3 Å². The van der Waals surface area contributed by atoms with E-state index < -0.39 is 0 Å². The first-order valence-corrected chi connectivity index (χ1v) is 11.5. The average molecular weight is 449 g/mol. The van der Waals surface area contributed by atoms with Crippen molar-refractivity contribution < 1.29 is 14.7 Å². The van der Waals surface area contributed by atoms with Gasteiger partial charge in [0.25, 0.3) is 5.91 Å². The molecule has 1 aliphatic heterocycles. The fourth-order valence-corrected chi connectivity index (χ4v) is 5.12. The van der Waals surface area contributed by atoms with Crippen LogP contribution in [0, 0.1) is 0 Å². The molecule has 1 saturated carbocycles. The van der Waals surface area contributed by atoms with E-state index in [4.69, 9.17) is 0 Å². The Balaban J connectivity index is 1.35. The Bertz CT molecular complexity index is 1220. The quantitative estimate of drug-likeness (QED) is 0.567. The van der Waals surface area contributed by atoms with Crippen molar-refractivity contribution in [3.05, 3.63) is 70.1 Å². The van der Waals surface area contributed by atoms with Crippen LogP contribution in [-0.4, -0.2) is 56.6 Å². The number of aliphatic hydroxyl groups excluding tert-OH is 1. The van der Waals surface area contributed by atoms with Crippen LogP contribution in [0.2, 0.25) is 0 Å². The van der Waals surface area contributed by atoms with Crippen LogP contribution in [0.15, 0.2) is 53.3 Å². The number of aliphatic hydroxyl groups is 1. The molecule has 2 aromatic carbocycles. The molecule has 2 fully saturated rings. The van der Waals surface area contributed by atoms with Crippen molar-refractivity contribution in [2.24, 2.45) is 0 Å². The van der Waals surface area contributed by atoms with Gasteiger partial charge < -0.3 is 20.3 Å². The monoisotopic (exact) mass is 448 g/mol. The molecule has 2 aliphatic rings. The first-order chi connectivity index (χ1) is 16.0. The number of aromatic amines is 1. The Kier molecular flexibility index (Phi) is 5.76. The largest absolute Gasteiger partial charge is 0.393 e. The van der Waals surface area contributed by atoms with Crippen molar-refractivity contribution in [3.8, 4) is 0 Å². The summed E-state index contributed by atoms with van der Waals surface area (Å²) in [5.74, 6) is -0.394. The van der Waals surface area contributed by atoms with Crippen LogP contribution in [0.4, 0.5) is 0 Å². The van der Waals surface area contributed by atoms with Crippen LogP contribution < -0.4 is 11.0 Å². The van der Waals surface area contributed by atoms with Crippen molar-refractivity contribution in [1.82, 2.24) is 19.8 Å². The second-order valence-electron chi connectivity index (χ2n) is 9.13. The van der Waals surface area contributed by atoms with Gasteiger partial charge in [-0.3, -0.25) is 14.2 Å². The molecule has 8 nitrogen and oxygen atoms in total. The van der Waals surface area contributed by atoms with Crippen molar-refractivity contribution in [3.63, 3.8) is 0 Å². The second kappa shape index (κ2) is 8.86. The molecular formula is C25H28N4O4. The highest BCUT2D eigenvalue weighted by Crippen LogP contribution is 2.30. The molecular weight excluding hydrogens is 420 g/mol. The average Bonchev–Trinajstić information content (AvgIpc) is 3.14. The molecule has 0 bridgehead atoms. The van der Waals surface area contributed by atoms with E-state index in [1.54, 1.807) is 27.7 Å². The smallest absolute Gasteiger partial charge is 0.326 e. The number of imidazole rings is 1. The van der Waals surface area contributed by atoms with Gasteiger partial charge in [-0.05, 0) is 55.9 Å². The number of benzene rings is 2. The molecule has 2 heterocycles. The molecule has 0 spiro atoms. The zero-order valence-corrected chi connectivity index (χ0v) is 18.4. The SMILES string of the molecule is O=C1CN(C(=O)c2ccc3c(c2)[nH]c(=O)n3C2CCC(O)CC2)C[C@H](Cc2ccccc2)N1. The molecule has 0 radical (unpaired) electrons. The normalized spacial score (nSPS) is 23.5. The Labute approximate surface area is 191 Å². The Morgan fingerprint density at radius 1 is 1.03 bits per heavy atom. The Hall–Kier alpha value is -3.39. The summed E-state index contributed by atoms with van der Waals surface area (Å²) >= 11 is 0. The minimum Gasteiger partial charge on any atom is -0.393 e. The summed E-state index contributed by atoms with van der Waals surface area (Å²) in [6, 6.07) is 15.0. The van der Waals surface area contributed by atoms with Crippen LogP contribution in [0.25, 0.3) is 11.0 Å². The third-order valence-corrected chi connectivity index (χ3v) is 6.75. The van der Waals surface area contributed by atoms with Gasteiger partial charge in [0.1, 0.15) is 0 Å². The molecule has 2 amide bonds. The van der Waals surface area contributed by atoms with Gasteiger partial charge in [-0.25, -0.2) is 4.79 Å².